The third-order valence-electron chi connectivity index (χ3n) is 2.01. The zero-order valence-electron chi connectivity index (χ0n) is 9.32. The van der Waals surface area contributed by atoms with Crippen molar-refractivity contribution in [3.63, 3.8) is 0 Å². The van der Waals surface area contributed by atoms with Gasteiger partial charge in [-0.3, -0.25) is 4.79 Å². The first-order chi connectivity index (χ1) is 7.15. The highest BCUT2D eigenvalue weighted by Gasteiger charge is 2.09. The number of carbonyl (C=O) groups is 1. The molecule has 0 spiro atoms. The topological polar surface area (TPSA) is 35.5 Å². The van der Waals surface area contributed by atoms with Crippen LogP contribution >= 0.6 is 0 Å². The minimum Gasteiger partial charge on any atom is -0.468 e. The van der Waals surface area contributed by atoms with Crippen molar-refractivity contribution in [2.45, 2.75) is 13.8 Å². The molecule has 0 aliphatic carbocycles. The summed E-state index contributed by atoms with van der Waals surface area (Å²) < 4.78 is 9.99. The third-order valence-corrected chi connectivity index (χ3v) is 2.01. The van der Waals surface area contributed by atoms with Crippen molar-refractivity contribution >= 4 is 5.78 Å². The Bertz CT molecular complexity index is 314. The Hall–Kier alpha value is -1.35. The highest BCUT2D eigenvalue weighted by molar-refractivity contribution is 5.97. The Labute approximate surface area is 90.0 Å². The van der Waals surface area contributed by atoms with Crippen LogP contribution in [0.1, 0.15) is 24.2 Å². The molecule has 3 heteroatoms. The monoisotopic (exact) mass is 208 g/mol. The fourth-order valence-electron chi connectivity index (χ4n) is 1.18. The maximum absolute atomic E-state index is 11.6. The Morgan fingerprint density at radius 2 is 1.87 bits per heavy atom. The molecule has 0 heterocycles. The average Bonchev–Trinajstić information content (AvgIpc) is 2.26. The second-order valence-electron chi connectivity index (χ2n) is 3.59. The molecule has 0 radical (unpaired) electrons. The first kappa shape index (κ1) is 11.7. The van der Waals surface area contributed by atoms with Gasteiger partial charge in [0, 0.05) is 18.6 Å². The molecule has 0 bridgehead atoms. The first-order valence-corrected chi connectivity index (χ1v) is 4.91. The summed E-state index contributed by atoms with van der Waals surface area (Å²) in [7, 11) is 1.57. The molecular formula is C12H16O3. The lowest BCUT2D eigenvalue weighted by Gasteiger charge is -2.06. The van der Waals surface area contributed by atoms with E-state index in [0.717, 1.165) is 5.56 Å². The van der Waals surface area contributed by atoms with Gasteiger partial charge >= 0.3 is 0 Å². The molecule has 0 saturated carbocycles. The van der Waals surface area contributed by atoms with Gasteiger partial charge in [0.15, 0.2) is 12.6 Å². The van der Waals surface area contributed by atoms with Gasteiger partial charge in [-0.2, -0.15) is 0 Å². The van der Waals surface area contributed by atoms with E-state index in [0.29, 0.717) is 5.75 Å². The molecule has 0 fully saturated rings. The number of ketones is 1. The lowest BCUT2D eigenvalue weighted by atomic mass is 10.0. The molecule has 0 atom stereocenters. The van der Waals surface area contributed by atoms with Gasteiger partial charge in [-0.15, -0.1) is 0 Å². The standard InChI is InChI=1S/C12H16O3/c1-9(2)12(13)10-4-6-11(7-5-10)15-8-14-3/h4-7,9H,8H2,1-3H3. The number of hydrogen-bond acceptors (Lipinski definition) is 3. The van der Waals surface area contributed by atoms with Crippen molar-refractivity contribution in [2.75, 3.05) is 13.9 Å². The van der Waals surface area contributed by atoms with Gasteiger partial charge in [-0.05, 0) is 24.3 Å². The van der Waals surface area contributed by atoms with E-state index in [1.807, 2.05) is 13.8 Å². The summed E-state index contributed by atoms with van der Waals surface area (Å²) in [5, 5.41) is 0. The highest BCUT2D eigenvalue weighted by Crippen LogP contribution is 2.14. The van der Waals surface area contributed by atoms with Gasteiger partial charge in [0.2, 0.25) is 0 Å². The molecule has 0 N–H and O–H groups in total. The van der Waals surface area contributed by atoms with Crippen LogP contribution in [0.4, 0.5) is 0 Å². The van der Waals surface area contributed by atoms with Crippen molar-refractivity contribution < 1.29 is 14.3 Å². The Morgan fingerprint density at radius 1 is 1.27 bits per heavy atom. The predicted octanol–water partition coefficient (Wildman–Crippen LogP) is 2.51. The van der Waals surface area contributed by atoms with Crippen molar-refractivity contribution in [1.82, 2.24) is 0 Å². The van der Waals surface area contributed by atoms with Gasteiger partial charge in [-0.25, -0.2) is 0 Å². The molecule has 0 amide bonds. The van der Waals surface area contributed by atoms with Gasteiger partial charge in [0.1, 0.15) is 5.75 Å². The van der Waals surface area contributed by atoms with Crippen LogP contribution in [0.3, 0.4) is 0 Å². The van der Waals surface area contributed by atoms with E-state index in [1.165, 1.54) is 0 Å². The van der Waals surface area contributed by atoms with E-state index < -0.39 is 0 Å². The zero-order valence-corrected chi connectivity index (χ0v) is 9.32. The zero-order chi connectivity index (χ0) is 11.3. The summed E-state index contributed by atoms with van der Waals surface area (Å²) in [6.07, 6.45) is 0. The summed E-state index contributed by atoms with van der Waals surface area (Å²) in [6, 6.07) is 7.09. The summed E-state index contributed by atoms with van der Waals surface area (Å²) in [6.45, 7) is 3.99. The van der Waals surface area contributed by atoms with Crippen LogP contribution in [0, 0.1) is 5.92 Å². The Kier molecular flexibility index (Phi) is 4.31. The van der Waals surface area contributed by atoms with Crippen LogP contribution < -0.4 is 4.74 Å². The summed E-state index contributed by atoms with van der Waals surface area (Å²) in [5.74, 6) is 0.876. The minimum atomic E-state index is 0.0238. The average molecular weight is 208 g/mol. The van der Waals surface area contributed by atoms with Crippen molar-refractivity contribution in [3.05, 3.63) is 29.8 Å². The summed E-state index contributed by atoms with van der Waals surface area (Å²) in [4.78, 5) is 11.6. The lowest BCUT2D eigenvalue weighted by Crippen LogP contribution is -2.07. The number of Topliss-reactive ketones (excluding diaryl/α,β-unsaturated/α-hetero) is 1. The van der Waals surface area contributed by atoms with Gasteiger partial charge in [-0.1, -0.05) is 13.8 Å². The fraction of sp³-hybridized carbons (Fsp3) is 0.417. The van der Waals surface area contributed by atoms with Crippen molar-refractivity contribution in [3.8, 4) is 5.75 Å². The molecule has 0 saturated heterocycles. The Morgan fingerprint density at radius 3 is 2.33 bits per heavy atom. The van der Waals surface area contributed by atoms with Crippen LogP contribution in [0.2, 0.25) is 0 Å². The number of benzene rings is 1. The first-order valence-electron chi connectivity index (χ1n) is 4.91. The normalized spacial score (nSPS) is 10.4. The minimum absolute atomic E-state index is 0.0238. The SMILES string of the molecule is COCOc1ccc(C(=O)C(C)C)cc1. The third kappa shape index (κ3) is 3.36. The molecule has 15 heavy (non-hydrogen) atoms. The Balaban J connectivity index is 2.68. The molecule has 1 aromatic rings. The number of hydrogen-bond donors (Lipinski definition) is 0. The van der Waals surface area contributed by atoms with E-state index in [1.54, 1.807) is 31.4 Å². The van der Waals surface area contributed by atoms with E-state index in [2.05, 4.69) is 0 Å². The number of carbonyl (C=O) groups excluding carboxylic acids is 1. The van der Waals surface area contributed by atoms with Gasteiger partial charge in [0.05, 0.1) is 0 Å². The molecule has 0 aliphatic rings. The summed E-state index contributed by atoms with van der Waals surface area (Å²) in [5.41, 5.74) is 0.717. The molecule has 1 rings (SSSR count). The number of rotatable bonds is 5. The lowest BCUT2D eigenvalue weighted by molar-refractivity contribution is 0.0511. The smallest absolute Gasteiger partial charge is 0.188 e. The second kappa shape index (κ2) is 5.51. The quantitative estimate of drug-likeness (QED) is 0.551. The fourth-order valence-corrected chi connectivity index (χ4v) is 1.18. The number of methoxy groups -OCH3 is 1. The molecular weight excluding hydrogens is 192 g/mol. The molecule has 82 valence electrons. The second-order valence-corrected chi connectivity index (χ2v) is 3.59. The highest BCUT2D eigenvalue weighted by atomic mass is 16.7. The predicted molar refractivity (Wildman–Crippen MR) is 58.1 cm³/mol. The van der Waals surface area contributed by atoms with Crippen molar-refractivity contribution in [1.29, 1.82) is 0 Å². The van der Waals surface area contributed by atoms with Crippen LogP contribution in [-0.2, 0) is 4.74 Å². The van der Waals surface area contributed by atoms with E-state index in [-0.39, 0.29) is 18.5 Å². The van der Waals surface area contributed by atoms with E-state index in [4.69, 9.17) is 9.47 Å². The maximum atomic E-state index is 11.6. The van der Waals surface area contributed by atoms with Gasteiger partial charge < -0.3 is 9.47 Å². The largest absolute Gasteiger partial charge is 0.468 e. The van der Waals surface area contributed by atoms with Crippen LogP contribution in [0.15, 0.2) is 24.3 Å². The molecule has 0 aliphatic heterocycles. The van der Waals surface area contributed by atoms with Crippen molar-refractivity contribution in [2.24, 2.45) is 5.92 Å². The van der Waals surface area contributed by atoms with E-state index >= 15 is 0 Å². The van der Waals surface area contributed by atoms with Crippen LogP contribution in [0.5, 0.6) is 5.75 Å². The van der Waals surface area contributed by atoms with E-state index in [9.17, 15) is 4.79 Å². The maximum Gasteiger partial charge on any atom is 0.188 e. The molecule has 3 nitrogen and oxygen atoms in total. The molecule has 1 aromatic carbocycles. The van der Waals surface area contributed by atoms with Crippen LogP contribution in [-0.4, -0.2) is 19.7 Å². The van der Waals surface area contributed by atoms with Gasteiger partial charge in [0.25, 0.3) is 0 Å². The molecule has 0 aromatic heterocycles. The number of ether oxygens (including phenoxy) is 2. The molecule has 0 unspecified atom stereocenters. The summed E-state index contributed by atoms with van der Waals surface area (Å²) >= 11 is 0. The van der Waals surface area contributed by atoms with Crippen LogP contribution in [0.25, 0.3) is 0 Å².